The molecule has 1 aliphatic heterocycles. The Morgan fingerprint density at radius 1 is 1.27 bits per heavy atom. The molecular formula is C13H14O2. The maximum atomic E-state index is 9.86. The first kappa shape index (κ1) is 8.98. The number of hydrogen-bond acceptors (Lipinski definition) is 2. The molecule has 2 nitrogen and oxygen atoms in total. The molecular weight excluding hydrogens is 188 g/mol. The molecule has 0 bridgehead atoms. The number of aliphatic hydroxyl groups is 1. The summed E-state index contributed by atoms with van der Waals surface area (Å²) in [5, 5.41) is 9.86. The Labute approximate surface area is 89.2 Å². The minimum Gasteiger partial charge on any atom is -0.488 e. The number of hydrogen-bond donors (Lipinski definition) is 1. The maximum Gasteiger partial charge on any atom is 0.127 e. The molecule has 1 fully saturated rings. The molecule has 1 unspecified atom stereocenters. The lowest BCUT2D eigenvalue weighted by atomic mass is 9.99. The highest BCUT2D eigenvalue weighted by molar-refractivity contribution is 5.77. The van der Waals surface area contributed by atoms with Gasteiger partial charge in [0.1, 0.15) is 12.4 Å². The molecule has 2 heteroatoms. The molecule has 0 aromatic heterocycles. The molecule has 3 rings (SSSR count). The van der Waals surface area contributed by atoms with Gasteiger partial charge in [-0.2, -0.15) is 0 Å². The SMILES string of the molecule is OC1CCC/C1=C1\COc2ccccc21. The fourth-order valence-corrected chi connectivity index (χ4v) is 2.51. The average Bonchev–Trinajstić information content (AvgIpc) is 2.83. The Bertz CT molecular complexity index is 420. The largest absolute Gasteiger partial charge is 0.488 e. The Hall–Kier alpha value is -1.28. The van der Waals surface area contributed by atoms with Gasteiger partial charge < -0.3 is 9.84 Å². The van der Waals surface area contributed by atoms with E-state index in [1.54, 1.807) is 0 Å². The highest BCUT2D eigenvalue weighted by Crippen LogP contribution is 2.39. The number of fused-ring (bicyclic) bond motifs is 1. The lowest BCUT2D eigenvalue weighted by Crippen LogP contribution is -2.05. The van der Waals surface area contributed by atoms with Crippen molar-refractivity contribution in [1.82, 2.24) is 0 Å². The van der Waals surface area contributed by atoms with Gasteiger partial charge in [0.15, 0.2) is 0 Å². The zero-order valence-corrected chi connectivity index (χ0v) is 8.57. The van der Waals surface area contributed by atoms with E-state index in [0.29, 0.717) is 6.61 Å². The molecule has 0 amide bonds. The van der Waals surface area contributed by atoms with Crippen molar-refractivity contribution < 1.29 is 9.84 Å². The zero-order valence-electron chi connectivity index (χ0n) is 8.57. The summed E-state index contributed by atoms with van der Waals surface area (Å²) in [6, 6.07) is 8.08. The van der Waals surface area contributed by atoms with Gasteiger partial charge in [-0.3, -0.25) is 0 Å². The van der Waals surface area contributed by atoms with Crippen molar-refractivity contribution in [3.8, 4) is 5.75 Å². The predicted molar refractivity (Wildman–Crippen MR) is 58.7 cm³/mol. The Morgan fingerprint density at radius 3 is 2.93 bits per heavy atom. The van der Waals surface area contributed by atoms with Crippen LogP contribution in [0.15, 0.2) is 29.8 Å². The number of aliphatic hydroxyl groups excluding tert-OH is 1. The summed E-state index contributed by atoms with van der Waals surface area (Å²) in [6.45, 7) is 0.631. The van der Waals surface area contributed by atoms with Gasteiger partial charge in [0, 0.05) is 11.1 Å². The first-order chi connectivity index (χ1) is 7.36. The second-order valence-corrected chi connectivity index (χ2v) is 4.20. The van der Waals surface area contributed by atoms with E-state index in [1.807, 2.05) is 18.2 Å². The lowest BCUT2D eigenvalue weighted by Gasteiger charge is -2.07. The Morgan fingerprint density at radius 2 is 2.13 bits per heavy atom. The van der Waals surface area contributed by atoms with Crippen LogP contribution in [0.2, 0.25) is 0 Å². The number of rotatable bonds is 0. The van der Waals surface area contributed by atoms with Gasteiger partial charge in [-0.15, -0.1) is 0 Å². The fraction of sp³-hybridized carbons (Fsp3) is 0.385. The van der Waals surface area contributed by atoms with Crippen LogP contribution in [-0.2, 0) is 0 Å². The van der Waals surface area contributed by atoms with Crippen molar-refractivity contribution >= 4 is 5.57 Å². The van der Waals surface area contributed by atoms with Gasteiger partial charge in [0.05, 0.1) is 6.10 Å². The minimum atomic E-state index is -0.241. The summed E-state index contributed by atoms with van der Waals surface area (Å²) >= 11 is 0. The molecule has 1 aliphatic carbocycles. The molecule has 1 aromatic carbocycles. The van der Waals surface area contributed by atoms with E-state index in [4.69, 9.17) is 4.74 Å². The van der Waals surface area contributed by atoms with E-state index in [0.717, 1.165) is 25.0 Å². The van der Waals surface area contributed by atoms with Gasteiger partial charge >= 0.3 is 0 Å². The molecule has 1 atom stereocenters. The smallest absolute Gasteiger partial charge is 0.127 e. The van der Waals surface area contributed by atoms with E-state index < -0.39 is 0 Å². The van der Waals surface area contributed by atoms with Gasteiger partial charge in [-0.25, -0.2) is 0 Å². The highest BCUT2D eigenvalue weighted by atomic mass is 16.5. The van der Waals surface area contributed by atoms with Crippen LogP contribution in [0.5, 0.6) is 5.75 Å². The Balaban J connectivity index is 2.10. The standard InChI is InChI=1S/C13H14O2/c14-12-6-3-5-9(12)11-8-15-13-7-2-1-4-10(11)13/h1-2,4,7,12,14H,3,5-6,8H2/b11-9-. The molecule has 0 spiro atoms. The molecule has 2 aliphatic rings. The van der Waals surface area contributed by atoms with Gasteiger partial charge in [-0.05, 0) is 30.9 Å². The first-order valence-electron chi connectivity index (χ1n) is 5.48. The minimum absolute atomic E-state index is 0.241. The normalized spacial score (nSPS) is 29.0. The van der Waals surface area contributed by atoms with E-state index >= 15 is 0 Å². The molecule has 1 N–H and O–H groups in total. The Kier molecular flexibility index (Phi) is 2.03. The van der Waals surface area contributed by atoms with Crippen LogP contribution in [-0.4, -0.2) is 17.8 Å². The van der Waals surface area contributed by atoms with Gasteiger partial charge in [0.2, 0.25) is 0 Å². The van der Waals surface area contributed by atoms with Crippen molar-refractivity contribution in [2.75, 3.05) is 6.61 Å². The van der Waals surface area contributed by atoms with E-state index in [2.05, 4.69) is 6.07 Å². The van der Waals surface area contributed by atoms with Gasteiger partial charge in [-0.1, -0.05) is 18.2 Å². The summed E-state index contributed by atoms with van der Waals surface area (Å²) in [5.41, 5.74) is 3.59. The van der Waals surface area contributed by atoms with Crippen LogP contribution in [0, 0.1) is 0 Å². The monoisotopic (exact) mass is 202 g/mol. The van der Waals surface area contributed by atoms with E-state index in [9.17, 15) is 5.11 Å². The molecule has 1 aromatic rings. The molecule has 15 heavy (non-hydrogen) atoms. The summed E-state index contributed by atoms with van der Waals surface area (Å²) in [6.07, 6.45) is 2.78. The fourth-order valence-electron chi connectivity index (χ4n) is 2.51. The van der Waals surface area contributed by atoms with Crippen LogP contribution in [0.25, 0.3) is 5.57 Å². The molecule has 0 saturated heterocycles. The van der Waals surface area contributed by atoms with Crippen molar-refractivity contribution in [1.29, 1.82) is 0 Å². The molecule has 0 radical (unpaired) electrons. The van der Waals surface area contributed by atoms with Crippen LogP contribution in [0.1, 0.15) is 24.8 Å². The third-order valence-electron chi connectivity index (χ3n) is 3.30. The van der Waals surface area contributed by atoms with Crippen molar-refractivity contribution in [2.45, 2.75) is 25.4 Å². The molecule has 1 heterocycles. The maximum absolute atomic E-state index is 9.86. The number of benzene rings is 1. The highest BCUT2D eigenvalue weighted by Gasteiger charge is 2.27. The topological polar surface area (TPSA) is 29.5 Å². The molecule has 1 saturated carbocycles. The second-order valence-electron chi connectivity index (χ2n) is 4.20. The lowest BCUT2D eigenvalue weighted by molar-refractivity contribution is 0.218. The zero-order chi connectivity index (χ0) is 10.3. The van der Waals surface area contributed by atoms with Crippen LogP contribution < -0.4 is 4.74 Å². The van der Waals surface area contributed by atoms with Crippen LogP contribution in [0.4, 0.5) is 0 Å². The average molecular weight is 202 g/mol. The summed E-state index contributed by atoms with van der Waals surface area (Å²) in [4.78, 5) is 0. The third-order valence-corrected chi connectivity index (χ3v) is 3.30. The summed E-state index contributed by atoms with van der Waals surface area (Å²) < 4.78 is 5.60. The number of para-hydroxylation sites is 1. The number of ether oxygens (including phenoxy) is 1. The second kappa shape index (κ2) is 3.38. The van der Waals surface area contributed by atoms with Crippen molar-refractivity contribution in [3.05, 3.63) is 35.4 Å². The molecule has 78 valence electrons. The summed E-state index contributed by atoms with van der Waals surface area (Å²) in [7, 11) is 0. The van der Waals surface area contributed by atoms with Crippen molar-refractivity contribution in [2.24, 2.45) is 0 Å². The third kappa shape index (κ3) is 1.37. The quantitative estimate of drug-likeness (QED) is 0.700. The van der Waals surface area contributed by atoms with Crippen LogP contribution in [0.3, 0.4) is 0 Å². The first-order valence-corrected chi connectivity index (χ1v) is 5.48. The van der Waals surface area contributed by atoms with E-state index in [1.165, 1.54) is 16.7 Å². The van der Waals surface area contributed by atoms with E-state index in [-0.39, 0.29) is 6.10 Å². The summed E-state index contributed by atoms with van der Waals surface area (Å²) in [5.74, 6) is 0.958. The van der Waals surface area contributed by atoms with Gasteiger partial charge in [0.25, 0.3) is 0 Å². The van der Waals surface area contributed by atoms with Crippen molar-refractivity contribution in [3.63, 3.8) is 0 Å². The predicted octanol–water partition coefficient (Wildman–Crippen LogP) is 2.38. The van der Waals surface area contributed by atoms with Crippen LogP contribution >= 0.6 is 0 Å².